The number of benzene rings is 2. The van der Waals surface area contributed by atoms with Crippen LogP contribution in [0.3, 0.4) is 0 Å². The first-order chi connectivity index (χ1) is 13.9. The highest BCUT2D eigenvalue weighted by Crippen LogP contribution is 2.28. The molecular weight excluding hydrogens is 365 g/mol. The highest BCUT2D eigenvalue weighted by molar-refractivity contribution is 6.04. The minimum absolute atomic E-state index is 0.0395. The molecule has 1 amide bonds. The first-order valence-electron chi connectivity index (χ1n) is 10.6. The molecule has 1 aliphatic heterocycles. The lowest BCUT2D eigenvalue weighted by Crippen LogP contribution is -2.43. The van der Waals surface area contributed by atoms with Crippen LogP contribution in [0.5, 0.6) is 0 Å². The molecule has 0 aromatic heterocycles. The Balaban J connectivity index is 0.00000145. The highest BCUT2D eigenvalue weighted by atomic mass is 19.1. The van der Waals surface area contributed by atoms with Crippen LogP contribution in [-0.4, -0.2) is 32.1 Å². The Morgan fingerprint density at radius 3 is 2.45 bits per heavy atom. The Morgan fingerprint density at radius 1 is 1.14 bits per heavy atom. The van der Waals surface area contributed by atoms with Gasteiger partial charge < -0.3 is 15.5 Å². The van der Waals surface area contributed by atoms with E-state index in [1.165, 1.54) is 11.6 Å². The number of carbonyl (C=O) groups excluding carboxylic acids is 1. The Kier molecular flexibility index (Phi) is 8.21. The maximum absolute atomic E-state index is 14.6. The summed E-state index contributed by atoms with van der Waals surface area (Å²) < 4.78 is 14.6. The van der Waals surface area contributed by atoms with Gasteiger partial charge in [-0.3, -0.25) is 4.79 Å². The standard InChI is InChI=1S/C22H28FN3O.C2H6/c1-4-22(2,3)17-6-5-7-18(15-17)25-21(27)16-8-9-20(19(23)14-16)26-12-10-24-11-13-26;1-2/h5-9,14-15,24H,4,10-13H2,1-3H3,(H,25,27);1-2H3. The third-order valence-corrected chi connectivity index (χ3v) is 5.45. The fraction of sp³-hybridized carbons (Fsp3) is 0.458. The van der Waals surface area contributed by atoms with Crippen LogP contribution < -0.4 is 15.5 Å². The zero-order valence-corrected chi connectivity index (χ0v) is 18.3. The molecule has 3 rings (SSSR count). The fourth-order valence-electron chi connectivity index (χ4n) is 3.24. The number of nitrogens with one attached hydrogen (secondary N) is 2. The predicted molar refractivity (Wildman–Crippen MR) is 121 cm³/mol. The third kappa shape index (κ3) is 5.80. The van der Waals surface area contributed by atoms with Gasteiger partial charge in [0.05, 0.1) is 5.69 Å². The van der Waals surface area contributed by atoms with Crippen molar-refractivity contribution in [3.63, 3.8) is 0 Å². The number of piperazine rings is 1. The SMILES string of the molecule is CC.CCC(C)(C)c1cccc(NC(=O)c2ccc(N3CCNCC3)c(F)c2)c1. The third-order valence-electron chi connectivity index (χ3n) is 5.45. The summed E-state index contributed by atoms with van der Waals surface area (Å²) in [6.45, 7) is 13.7. The summed E-state index contributed by atoms with van der Waals surface area (Å²) in [5.74, 6) is -0.655. The first-order valence-corrected chi connectivity index (χ1v) is 10.6. The molecule has 1 saturated heterocycles. The van der Waals surface area contributed by atoms with Crippen LogP contribution in [0.25, 0.3) is 0 Å². The number of nitrogens with zero attached hydrogens (tertiary/aromatic N) is 1. The molecular formula is C24H34FN3O. The molecule has 0 spiro atoms. The van der Waals surface area contributed by atoms with Crippen LogP contribution in [0, 0.1) is 5.82 Å². The number of carbonyl (C=O) groups is 1. The Hall–Kier alpha value is -2.40. The molecule has 2 aromatic rings. The number of amides is 1. The van der Waals surface area contributed by atoms with E-state index in [2.05, 4.69) is 37.5 Å². The molecule has 2 N–H and O–H groups in total. The van der Waals surface area contributed by atoms with E-state index in [1.54, 1.807) is 12.1 Å². The maximum Gasteiger partial charge on any atom is 0.255 e. The van der Waals surface area contributed by atoms with Gasteiger partial charge in [0.2, 0.25) is 0 Å². The number of rotatable bonds is 5. The summed E-state index contributed by atoms with van der Waals surface area (Å²) in [4.78, 5) is 14.6. The molecule has 1 heterocycles. The molecule has 0 radical (unpaired) electrons. The minimum Gasteiger partial charge on any atom is -0.367 e. The van der Waals surface area contributed by atoms with Gasteiger partial charge in [-0.1, -0.05) is 46.8 Å². The highest BCUT2D eigenvalue weighted by Gasteiger charge is 2.19. The molecule has 4 nitrogen and oxygen atoms in total. The molecule has 0 bridgehead atoms. The van der Waals surface area contributed by atoms with Gasteiger partial charge in [0.25, 0.3) is 5.91 Å². The number of halogens is 1. The van der Waals surface area contributed by atoms with Crippen molar-refractivity contribution < 1.29 is 9.18 Å². The topological polar surface area (TPSA) is 44.4 Å². The molecule has 1 fully saturated rings. The van der Waals surface area contributed by atoms with Gasteiger partial charge in [-0.05, 0) is 47.7 Å². The monoisotopic (exact) mass is 399 g/mol. The van der Waals surface area contributed by atoms with Crippen molar-refractivity contribution in [2.24, 2.45) is 0 Å². The van der Waals surface area contributed by atoms with Crippen LogP contribution in [-0.2, 0) is 5.41 Å². The van der Waals surface area contributed by atoms with Crippen LogP contribution in [0.1, 0.15) is 57.0 Å². The molecule has 1 aliphatic rings. The molecule has 0 atom stereocenters. The average molecular weight is 400 g/mol. The maximum atomic E-state index is 14.6. The molecule has 29 heavy (non-hydrogen) atoms. The summed E-state index contributed by atoms with van der Waals surface area (Å²) in [6.07, 6.45) is 1.00. The number of hydrogen-bond donors (Lipinski definition) is 2. The normalized spacial score (nSPS) is 14.1. The largest absolute Gasteiger partial charge is 0.367 e. The van der Waals surface area contributed by atoms with Crippen LogP contribution >= 0.6 is 0 Å². The Bertz CT molecular complexity index is 814. The lowest BCUT2D eigenvalue weighted by atomic mass is 9.82. The van der Waals surface area contributed by atoms with Gasteiger partial charge in [0, 0.05) is 37.4 Å². The van der Waals surface area contributed by atoms with Crippen LogP contribution in [0.2, 0.25) is 0 Å². The molecule has 5 heteroatoms. The van der Waals surface area contributed by atoms with E-state index in [0.717, 1.165) is 38.3 Å². The molecule has 0 aliphatic carbocycles. The van der Waals surface area contributed by atoms with E-state index in [9.17, 15) is 9.18 Å². The second kappa shape index (κ2) is 10.4. The molecule has 2 aromatic carbocycles. The van der Waals surface area contributed by atoms with Crippen molar-refractivity contribution in [1.82, 2.24) is 5.32 Å². The van der Waals surface area contributed by atoms with Gasteiger partial charge in [-0.25, -0.2) is 4.39 Å². The van der Waals surface area contributed by atoms with E-state index in [4.69, 9.17) is 0 Å². The second-order valence-electron chi connectivity index (χ2n) is 7.68. The van der Waals surface area contributed by atoms with Crippen molar-refractivity contribution in [2.75, 3.05) is 36.4 Å². The van der Waals surface area contributed by atoms with Crippen molar-refractivity contribution in [3.8, 4) is 0 Å². The summed E-state index contributed by atoms with van der Waals surface area (Å²) in [5, 5.41) is 6.14. The van der Waals surface area contributed by atoms with Gasteiger partial charge in [-0.2, -0.15) is 0 Å². The van der Waals surface area contributed by atoms with Crippen molar-refractivity contribution in [1.29, 1.82) is 0 Å². The summed E-state index contributed by atoms with van der Waals surface area (Å²) in [7, 11) is 0. The van der Waals surface area contributed by atoms with E-state index >= 15 is 0 Å². The zero-order valence-electron chi connectivity index (χ0n) is 18.3. The van der Waals surface area contributed by atoms with Crippen LogP contribution in [0.15, 0.2) is 42.5 Å². The van der Waals surface area contributed by atoms with Gasteiger partial charge >= 0.3 is 0 Å². The smallest absolute Gasteiger partial charge is 0.255 e. The predicted octanol–water partition coefficient (Wildman–Crippen LogP) is 5.20. The lowest BCUT2D eigenvalue weighted by molar-refractivity contribution is 0.102. The van der Waals surface area contributed by atoms with Crippen molar-refractivity contribution in [2.45, 2.75) is 46.5 Å². The average Bonchev–Trinajstić information content (AvgIpc) is 2.76. The molecule has 0 unspecified atom stereocenters. The van der Waals surface area contributed by atoms with Gasteiger partial charge in [-0.15, -0.1) is 0 Å². The zero-order chi connectivity index (χ0) is 21.4. The van der Waals surface area contributed by atoms with Crippen LogP contribution in [0.4, 0.5) is 15.8 Å². The van der Waals surface area contributed by atoms with Crippen molar-refractivity contribution >= 4 is 17.3 Å². The fourth-order valence-corrected chi connectivity index (χ4v) is 3.24. The number of anilines is 2. The Morgan fingerprint density at radius 2 is 1.83 bits per heavy atom. The summed E-state index contributed by atoms with van der Waals surface area (Å²) >= 11 is 0. The van der Waals surface area contributed by atoms with Gasteiger partial charge in [0.15, 0.2) is 0 Å². The lowest BCUT2D eigenvalue weighted by Gasteiger charge is -2.29. The van der Waals surface area contributed by atoms with E-state index in [-0.39, 0.29) is 17.1 Å². The summed E-state index contributed by atoms with van der Waals surface area (Å²) in [5.41, 5.74) is 2.82. The second-order valence-corrected chi connectivity index (χ2v) is 7.68. The van der Waals surface area contributed by atoms with E-state index in [0.29, 0.717) is 11.3 Å². The molecule has 0 saturated carbocycles. The van der Waals surface area contributed by atoms with Gasteiger partial charge in [0.1, 0.15) is 5.82 Å². The van der Waals surface area contributed by atoms with Crippen molar-refractivity contribution in [3.05, 3.63) is 59.4 Å². The summed E-state index contributed by atoms with van der Waals surface area (Å²) in [6, 6.07) is 12.6. The van der Waals surface area contributed by atoms with E-state index in [1.807, 2.05) is 36.9 Å². The molecule has 158 valence electrons. The number of hydrogen-bond acceptors (Lipinski definition) is 3. The first kappa shape index (κ1) is 22.9. The minimum atomic E-state index is -0.356. The Labute approximate surface area is 174 Å². The quantitative estimate of drug-likeness (QED) is 0.726. The van der Waals surface area contributed by atoms with E-state index < -0.39 is 0 Å².